The number of amides is 1. The van der Waals surface area contributed by atoms with Gasteiger partial charge in [0.05, 0.1) is 12.1 Å². The first-order chi connectivity index (χ1) is 12.0. The normalized spacial score (nSPS) is 10.8. The van der Waals surface area contributed by atoms with Gasteiger partial charge >= 0.3 is 5.76 Å². The van der Waals surface area contributed by atoms with Crippen LogP contribution in [0.4, 0.5) is 0 Å². The van der Waals surface area contributed by atoms with Crippen molar-refractivity contribution < 1.29 is 13.9 Å². The Morgan fingerprint density at radius 2 is 2.00 bits per heavy atom. The third-order valence-electron chi connectivity index (χ3n) is 3.79. The van der Waals surface area contributed by atoms with Crippen molar-refractivity contribution in [1.82, 2.24) is 9.47 Å². The van der Waals surface area contributed by atoms with Crippen LogP contribution in [0.3, 0.4) is 0 Å². The number of fused-ring (bicyclic) bond motifs is 1. The maximum atomic E-state index is 12.4. The van der Waals surface area contributed by atoms with E-state index in [-0.39, 0.29) is 12.5 Å². The smallest absolute Gasteiger partial charge is 0.420 e. The van der Waals surface area contributed by atoms with Crippen LogP contribution < -0.4 is 10.5 Å². The van der Waals surface area contributed by atoms with E-state index in [4.69, 9.17) is 20.8 Å². The first-order valence-corrected chi connectivity index (χ1v) is 8.13. The number of rotatable bonds is 6. The summed E-state index contributed by atoms with van der Waals surface area (Å²) in [6, 6.07) is 14.2. The Morgan fingerprint density at radius 1 is 1.24 bits per heavy atom. The van der Waals surface area contributed by atoms with E-state index in [1.165, 1.54) is 9.47 Å². The van der Waals surface area contributed by atoms with Gasteiger partial charge in [-0.25, -0.2) is 4.79 Å². The summed E-state index contributed by atoms with van der Waals surface area (Å²) in [6.45, 7) is 0.669. The second-order valence-electron chi connectivity index (χ2n) is 5.54. The molecular weight excluding hydrogens is 344 g/mol. The van der Waals surface area contributed by atoms with Crippen molar-refractivity contribution in [3.05, 3.63) is 64.1 Å². The monoisotopic (exact) mass is 360 g/mol. The lowest BCUT2D eigenvalue weighted by Crippen LogP contribution is -2.35. The molecule has 0 radical (unpaired) electrons. The van der Waals surface area contributed by atoms with Gasteiger partial charge < -0.3 is 14.1 Å². The Balaban J connectivity index is 1.62. The molecule has 2 aromatic carbocycles. The minimum absolute atomic E-state index is 0.102. The summed E-state index contributed by atoms with van der Waals surface area (Å²) in [5, 5.41) is 0.468. The molecule has 0 aliphatic carbocycles. The highest BCUT2D eigenvalue weighted by Gasteiger charge is 2.15. The molecule has 3 aromatic rings. The van der Waals surface area contributed by atoms with Crippen molar-refractivity contribution in [2.45, 2.75) is 6.54 Å². The largest absolute Gasteiger partial charge is 0.492 e. The summed E-state index contributed by atoms with van der Waals surface area (Å²) in [6.07, 6.45) is 0. The first-order valence-electron chi connectivity index (χ1n) is 7.75. The number of nitrogens with zero attached hydrogens (tertiary/aromatic N) is 2. The summed E-state index contributed by atoms with van der Waals surface area (Å²) >= 11 is 5.88. The van der Waals surface area contributed by atoms with Gasteiger partial charge in [-0.3, -0.25) is 9.36 Å². The van der Waals surface area contributed by atoms with Gasteiger partial charge in [-0.1, -0.05) is 29.8 Å². The van der Waals surface area contributed by atoms with Gasteiger partial charge in [0.25, 0.3) is 0 Å². The second kappa shape index (κ2) is 7.44. The van der Waals surface area contributed by atoms with E-state index in [9.17, 15) is 9.59 Å². The van der Waals surface area contributed by atoms with Crippen molar-refractivity contribution in [3.63, 3.8) is 0 Å². The van der Waals surface area contributed by atoms with E-state index in [1.807, 2.05) is 30.3 Å². The number of hydrogen-bond donors (Lipinski definition) is 0. The quantitative estimate of drug-likeness (QED) is 0.678. The molecule has 0 aliphatic rings. The number of ether oxygens (including phenoxy) is 1. The molecule has 0 atom stereocenters. The lowest BCUT2D eigenvalue weighted by molar-refractivity contribution is -0.130. The van der Waals surface area contributed by atoms with Gasteiger partial charge in [0.15, 0.2) is 5.58 Å². The van der Waals surface area contributed by atoms with Crippen LogP contribution in [0.15, 0.2) is 57.7 Å². The Kier molecular flexibility index (Phi) is 5.09. The van der Waals surface area contributed by atoms with Crippen molar-refractivity contribution >= 4 is 28.6 Å². The number of para-hydroxylation sites is 1. The standard InChI is InChI=1S/C18H17ClN2O4/c1-20(9-10-24-14-5-3-2-4-6-14)17(22)12-21-15-8-7-13(19)11-16(15)25-18(21)23/h2-8,11H,9-10,12H2,1H3. The van der Waals surface area contributed by atoms with Gasteiger partial charge in [0.1, 0.15) is 18.9 Å². The first kappa shape index (κ1) is 17.1. The molecular formula is C18H17ClN2O4. The summed E-state index contributed by atoms with van der Waals surface area (Å²) in [7, 11) is 1.67. The molecule has 25 heavy (non-hydrogen) atoms. The van der Waals surface area contributed by atoms with Gasteiger partial charge in [-0.05, 0) is 24.3 Å². The van der Waals surface area contributed by atoms with Crippen LogP contribution in [0.1, 0.15) is 0 Å². The molecule has 0 N–H and O–H groups in total. The molecule has 0 saturated carbocycles. The van der Waals surface area contributed by atoms with Crippen molar-refractivity contribution in [2.75, 3.05) is 20.2 Å². The van der Waals surface area contributed by atoms with Crippen molar-refractivity contribution in [2.24, 2.45) is 0 Å². The van der Waals surface area contributed by atoms with Gasteiger partial charge in [-0.2, -0.15) is 0 Å². The van der Waals surface area contributed by atoms with E-state index in [1.54, 1.807) is 25.2 Å². The zero-order valence-electron chi connectivity index (χ0n) is 13.6. The fourth-order valence-electron chi connectivity index (χ4n) is 2.39. The van der Waals surface area contributed by atoms with Crippen LogP contribution in [-0.4, -0.2) is 35.6 Å². The Morgan fingerprint density at radius 3 is 2.76 bits per heavy atom. The number of carbonyl (C=O) groups excluding carboxylic acids is 1. The minimum atomic E-state index is -0.584. The fourth-order valence-corrected chi connectivity index (χ4v) is 2.55. The lowest BCUT2D eigenvalue weighted by atomic mass is 10.3. The maximum Gasteiger partial charge on any atom is 0.420 e. The highest BCUT2D eigenvalue weighted by atomic mass is 35.5. The molecule has 0 aliphatic heterocycles. The van der Waals surface area contributed by atoms with Crippen molar-refractivity contribution in [1.29, 1.82) is 0 Å². The molecule has 3 rings (SSSR count). The van der Waals surface area contributed by atoms with E-state index in [0.29, 0.717) is 29.3 Å². The summed E-state index contributed by atoms with van der Waals surface area (Å²) in [5.41, 5.74) is 0.900. The number of carbonyl (C=O) groups is 1. The van der Waals surface area contributed by atoms with E-state index < -0.39 is 5.76 Å². The molecule has 1 amide bonds. The Hall–Kier alpha value is -2.73. The van der Waals surface area contributed by atoms with Crippen LogP contribution in [0.5, 0.6) is 5.75 Å². The Bertz CT molecular complexity index is 933. The van der Waals surface area contributed by atoms with Crippen LogP contribution in [-0.2, 0) is 11.3 Å². The molecule has 0 bridgehead atoms. The molecule has 0 spiro atoms. The van der Waals surface area contributed by atoms with E-state index >= 15 is 0 Å². The molecule has 6 nitrogen and oxygen atoms in total. The summed E-state index contributed by atoms with van der Waals surface area (Å²) < 4.78 is 12.0. The zero-order valence-corrected chi connectivity index (χ0v) is 14.4. The number of aromatic nitrogens is 1. The number of halogens is 1. The number of likely N-dealkylation sites (N-methyl/N-ethyl adjacent to an activating group) is 1. The maximum absolute atomic E-state index is 12.4. The molecule has 0 unspecified atom stereocenters. The van der Waals surface area contributed by atoms with Crippen LogP contribution in [0.25, 0.3) is 11.1 Å². The van der Waals surface area contributed by atoms with Gasteiger partial charge in [0.2, 0.25) is 5.91 Å². The van der Waals surface area contributed by atoms with Crippen LogP contribution in [0, 0.1) is 0 Å². The predicted molar refractivity (Wildman–Crippen MR) is 95.1 cm³/mol. The highest BCUT2D eigenvalue weighted by Crippen LogP contribution is 2.18. The average Bonchev–Trinajstić information content (AvgIpc) is 2.90. The fraction of sp³-hybridized carbons (Fsp3) is 0.222. The zero-order chi connectivity index (χ0) is 17.8. The molecule has 7 heteroatoms. The third kappa shape index (κ3) is 4.03. The van der Waals surface area contributed by atoms with E-state index in [0.717, 1.165) is 5.75 Å². The molecule has 0 fully saturated rings. The van der Waals surface area contributed by atoms with Gasteiger partial charge in [-0.15, -0.1) is 0 Å². The Labute approximate surface area is 149 Å². The van der Waals surface area contributed by atoms with Gasteiger partial charge in [0, 0.05) is 18.1 Å². The van der Waals surface area contributed by atoms with Crippen LogP contribution >= 0.6 is 11.6 Å². The minimum Gasteiger partial charge on any atom is -0.492 e. The predicted octanol–water partition coefficient (Wildman–Crippen LogP) is 2.79. The SMILES string of the molecule is CN(CCOc1ccccc1)C(=O)Cn1c(=O)oc2cc(Cl)ccc21. The molecule has 1 aromatic heterocycles. The number of hydrogen-bond acceptors (Lipinski definition) is 4. The number of benzene rings is 2. The second-order valence-corrected chi connectivity index (χ2v) is 5.98. The summed E-state index contributed by atoms with van der Waals surface area (Å²) in [4.78, 5) is 25.8. The van der Waals surface area contributed by atoms with Crippen molar-refractivity contribution in [3.8, 4) is 5.75 Å². The third-order valence-corrected chi connectivity index (χ3v) is 4.02. The number of oxazole rings is 1. The average molecular weight is 361 g/mol. The molecule has 0 saturated heterocycles. The highest BCUT2D eigenvalue weighted by molar-refractivity contribution is 6.31. The summed E-state index contributed by atoms with van der Waals surface area (Å²) in [5.74, 6) is -0.0479. The van der Waals surface area contributed by atoms with E-state index in [2.05, 4.69) is 0 Å². The lowest BCUT2D eigenvalue weighted by Gasteiger charge is -2.17. The molecule has 130 valence electrons. The topological polar surface area (TPSA) is 64.7 Å². The van der Waals surface area contributed by atoms with Crippen LogP contribution in [0.2, 0.25) is 5.02 Å². The molecule has 1 heterocycles.